The Bertz CT molecular complexity index is 772. The molecule has 132 valence electrons. The van der Waals surface area contributed by atoms with Crippen LogP contribution in [0.4, 0.5) is 0 Å². The molecule has 0 spiro atoms. The zero-order valence-corrected chi connectivity index (χ0v) is 15.4. The summed E-state index contributed by atoms with van der Waals surface area (Å²) in [6, 6.07) is 13.3. The number of phenols is 1. The number of nitrogens with one attached hydrogen (secondary N) is 1. The van der Waals surface area contributed by atoms with Crippen molar-refractivity contribution in [2.75, 3.05) is 7.11 Å². The lowest BCUT2D eigenvalue weighted by Crippen LogP contribution is -2.41. The molecule has 0 aromatic heterocycles. The Kier molecular flexibility index (Phi) is 5.30. The van der Waals surface area contributed by atoms with Crippen molar-refractivity contribution in [2.24, 2.45) is 10.9 Å². The number of hydrogen-bond acceptors (Lipinski definition) is 4. The molecule has 0 saturated carbocycles. The zero-order chi connectivity index (χ0) is 18.0. The van der Waals surface area contributed by atoms with Crippen molar-refractivity contribution in [3.63, 3.8) is 0 Å². The van der Waals surface area contributed by atoms with E-state index in [4.69, 9.17) is 21.3 Å². The number of aromatic hydroxyl groups is 1. The second-order valence-corrected chi connectivity index (χ2v) is 7.03. The lowest BCUT2D eigenvalue weighted by Gasteiger charge is -2.32. The molecule has 0 fully saturated rings. The van der Waals surface area contributed by atoms with Gasteiger partial charge in [-0.3, -0.25) is 10.3 Å². The van der Waals surface area contributed by atoms with Gasteiger partial charge in [0.1, 0.15) is 6.17 Å². The van der Waals surface area contributed by atoms with Crippen molar-refractivity contribution >= 4 is 17.3 Å². The summed E-state index contributed by atoms with van der Waals surface area (Å²) in [5.41, 5.74) is 2.90. The summed E-state index contributed by atoms with van der Waals surface area (Å²) in [7, 11) is 1.56. The standard InChI is InChI=1S/C20H23ClN2O2/c1-12(2)20-22-16(13-7-9-14(21)10-8-13)11-17(23-20)15-5-4-6-18(25-3)19(15)24/h4-10,12,17,20,23-24H,11H2,1-3H3. The summed E-state index contributed by atoms with van der Waals surface area (Å²) in [6.07, 6.45) is 0.668. The number of halogens is 1. The van der Waals surface area contributed by atoms with E-state index in [1.807, 2.05) is 36.4 Å². The van der Waals surface area contributed by atoms with Crippen LogP contribution in [0.3, 0.4) is 0 Å². The van der Waals surface area contributed by atoms with Gasteiger partial charge in [-0.15, -0.1) is 0 Å². The van der Waals surface area contributed by atoms with E-state index >= 15 is 0 Å². The average Bonchev–Trinajstić information content (AvgIpc) is 2.62. The Morgan fingerprint density at radius 3 is 2.56 bits per heavy atom. The maximum atomic E-state index is 10.5. The van der Waals surface area contributed by atoms with E-state index in [1.165, 1.54) is 0 Å². The molecule has 0 aliphatic carbocycles. The minimum Gasteiger partial charge on any atom is -0.504 e. The number of nitrogens with zero attached hydrogens (tertiary/aromatic N) is 1. The summed E-state index contributed by atoms with van der Waals surface area (Å²) in [5, 5.41) is 14.8. The van der Waals surface area contributed by atoms with E-state index in [2.05, 4.69) is 19.2 Å². The quantitative estimate of drug-likeness (QED) is 0.842. The van der Waals surface area contributed by atoms with Crippen LogP contribution in [0.15, 0.2) is 47.5 Å². The molecule has 0 bridgehead atoms. The smallest absolute Gasteiger partial charge is 0.162 e. The molecule has 0 radical (unpaired) electrons. The third-order valence-electron chi connectivity index (χ3n) is 4.50. The van der Waals surface area contributed by atoms with Crippen LogP contribution in [0.2, 0.25) is 5.02 Å². The molecule has 2 N–H and O–H groups in total. The predicted molar refractivity (Wildman–Crippen MR) is 102 cm³/mol. The minimum atomic E-state index is -0.0364. The van der Waals surface area contributed by atoms with Crippen LogP contribution in [0.5, 0.6) is 11.5 Å². The number of benzene rings is 2. The van der Waals surface area contributed by atoms with E-state index in [9.17, 15) is 5.11 Å². The first-order chi connectivity index (χ1) is 12.0. The minimum absolute atomic E-state index is 0.0185. The fraction of sp³-hybridized carbons (Fsp3) is 0.350. The van der Waals surface area contributed by atoms with Gasteiger partial charge in [0.2, 0.25) is 0 Å². The number of aliphatic imine (C=N–C) groups is 1. The summed E-state index contributed by atoms with van der Waals surface area (Å²) in [5.74, 6) is 0.996. The molecule has 1 aliphatic rings. The molecule has 4 nitrogen and oxygen atoms in total. The maximum absolute atomic E-state index is 10.5. The summed E-state index contributed by atoms with van der Waals surface area (Å²) >= 11 is 6.01. The lowest BCUT2D eigenvalue weighted by atomic mass is 9.93. The third-order valence-corrected chi connectivity index (χ3v) is 4.75. The fourth-order valence-corrected chi connectivity index (χ4v) is 3.20. The van der Waals surface area contributed by atoms with Gasteiger partial charge in [0.05, 0.1) is 7.11 Å². The maximum Gasteiger partial charge on any atom is 0.162 e. The van der Waals surface area contributed by atoms with Gasteiger partial charge in [0, 0.05) is 28.8 Å². The molecular formula is C20H23ClN2O2. The van der Waals surface area contributed by atoms with Crippen molar-refractivity contribution < 1.29 is 9.84 Å². The topological polar surface area (TPSA) is 53.8 Å². The van der Waals surface area contributed by atoms with Crippen molar-refractivity contribution in [3.05, 3.63) is 58.6 Å². The Hall–Kier alpha value is -2.04. The highest BCUT2D eigenvalue weighted by Gasteiger charge is 2.28. The molecule has 25 heavy (non-hydrogen) atoms. The average molecular weight is 359 g/mol. The van der Waals surface area contributed by atoms with Gasteiger partial charge in [-0.2, -0.15) is 0 Å². The van der Waals surface area contributed by atoms with Gasteiger partial charge in [-0.1, -0.05) is 49.7 Å². The van der Waals surface area contributed by atoms with E-state index in [1.54, 1.807) is 13.2 Å². The van der Waals surface area contributed by atoms with Crippen LogP contribution in [-0.2, 0) is 0 Å². The molecule has 1 heterocycles. The predicted octanol–water partition coefficient (Wildman–Crippen LogP) is 4.56. The molecule has 5 heteroatoms. The van der Waals surface area contributed by atoms with Gasteiger partial charge in [-0.05, 0) is 29.7 Å². The van der Waals surface area contributed by atoms with Gasteiger partial charge >= 0.3 is 0 Å². The van der Waals surface area contributed by atoms with E-state index in [0.717, 1.165) is 16.8 Å². The van der Waals surface area contributed by atoms with Gasteiger partial charge in [0.15, 0.2) is 11.5 Å². The van der Waals surface area contributed by atoms with Crippen molar-refractivity contribution in [1.29, 1.82) is 0 Å². The summed E-state index contributed by atoms with van der Waals surface area (Å²) in [4.78, 5) is 4.88. The van der Waals surface area contributed by atoms with Crippen LogP contribution >= 0.6 is 11.6 Å². The van der Waals surface area contributed by atoms with E-state index in [-0.39, 0.29) is 18.0 Å². The second-order valence-electron chi connectivity index (χ2n) is 6.59. The van der Waals surface area contributed by atoms with Gasteiger partial charge in [-0.25, -0.2) is 0 Å². The number of methoxy groups -OCH3 is 1. The molecule has 2 aromatic rings. The Morgan fingerprint density at radius 1 is 1.20 bits per heavy atom. The van der Waals surface area contributed by atoms with Gasteiger partial charge in [0.25, 0.3) is 0 Å². The third kappa shape index (κ3) is 3.80. The highest BCUT2D eigenvalue weighted by molar-refractivity contribution is 6.30. The normalized spacial score (nSPS) is 20.4. The molecule has 2 aromatic carbocycles. The molecule has 2 atom stereocenters. The van der Waals surface area contributed by atoms with Crippen LogP contribution in [-0.4, -0.2) is 24.1 Å². The fourth-order valence-electron chi connectivity index (χ4n) is 3.08. The van der Waals surface area contributed by atoms with Crippen LogP contribution < -0.4 is 10.1 Å². The Labute approximate surface area is 153 Å². The zero-order valence-electron chi connectivity index (χ0n) is 14.7. The van der Waals surface area contributed by atoms with Crippen LogP contribution in [0.25, 0.3) is 0 Å². The van der Waals surface area contributed by atoms with Crippen molar-refractivity contribution in [3.8, 4) is 11.5 Å². The largest absolute Gasteiger partial charge is 0.504 e. The first kappa shape index (κ1) is 17.8. The molecule has 2 unspecified atom stereocenters. The van der Waals surface area contributed by atoms with E-state index in [0.29, 0.717) is 23.1 Å². The molecule has 0 saturated heterocycles. The van der Waals surface area contributed by atoms with Crippen LogP contribution in [0.1, 0.15) is 37.4 Å². The highest BCUT2D eigenvalue weighted by Crippen LogP contribution is 2.37. The summed E-state index contributed by atoms with van der Waals surface area (Å²) < 4.78 is 5.25. The molecule has 0 amide bonds. The van der Waals surface area contributed by atoms with Crippen LogP contribution in [0, 0.1) is 5.92 Å². The SMILES string of the molecule is COc1cccc(C2CC(c3ccc(Cl)cc3)=NC(C(C)C)N2)c1O. The van der Waals surface area contributed by atoms with Crippen molar-refractivity contribution in [2.45, 2.75) is 32.5 Å². The highest BCUT2D eigenvalue weighted by atomic mass is 35.5. The van der Waals surface area contributed by atoms with Gasteiger partial charge < -0.3 is 9.84 Å². The van der Waals surface area contributed by atoms with Crippen molar-refractivity contribution in [1.82, 2.24) is 5.32 Å². The lowest BCUT2D eigenvalue weighted by molar-refractivity contribution is 0.335. The van der Waals surface area contributed by atoms with E-state index < -0.39 is 0 Å². The molecule has 3 rings (SSSR count). The first-order valence-electron chi connectivity index (χ1n) is 8.44. The Balaban J connectivity index is 1.97. The summed E-state index contributed by atoms with van der Waals surface area (Å²) in [6.45, 7) is 4.27. The number of phenolic OH excluding ortho intramolecular Hbond substituents is 1. The number of rotatable bonds is 4. The number of ether oxygens (including phenoxy) is 1. The first-order valence-corrected chi connectivity index (χ1v) is 8.82. The number of hydrogen-bond donors (Lipinski definition) is 2. The molecule has 1 aliphatic heterocycles. The molecular weight excluding hydrogens is 336 g/mol. The number of para-hydroxylation sites is 1. The second kappa shape index (κ2) is 7.46. The monoisotopic (exact) mass is 358 g/mol. The Morgan fingerprint density at radius 2 is 1.92 bits per heavy atom.